The number of methoxy groups -OCH3 is 1. The van der Waals surface area contributed by atoms with Gasteiger partial charge >= 0.3 is 0 Å². The van der Waals surface area contributed by atoms with Gasteiger partial charge in [0.2, 0.25) is 10.0 Å². The molecule has 2 aromatic carbocycles. The summed E-state index contributed by atoms with van der Waals surface area (Å²) in [4.78, 5) is 11.7. The second kappa shape index (κ2) is 7.47. The summed E-state index contributed by atoms with van der Waals surface area (Å²) in [6.45, 7) is 0. The van der Waals surface area contributed by atoms with E-state index in [0.717, 1.165) is 36.1 Å². The van der Waals surface area contributed by atoms with Gasteiger partial charge in [-0.3, -0.25) is 4.79 Å². The van der Waals surface area contributed by atoms with E-state index in [2.05, 4.69) is 10.0 Å². The Bertz CT molecular complexity index is 908. The number of ether oxygens (including phenoxy) is 1. The molecule has 0 heterocycles. The lowest BCUT2D eigenvalue weighted by Gasteiger charge is -2.26. The maximum absolute atomic E-state index is 12.7. The van der Waals surface area contributed by atoms with Gasteiger partial charge in [-0.15, -0.1) is 0 Å². The quantitative estimate of drug-likeness (QED) is 0.842. The minimum Gasteiger partial charge on any atom is -0.497 e. The molecule has 3 rings (SSSR count). The summed E-state index contributed by atoms with van der Waals surface area (Å²) in [5.74, 6) is 0.522. The lowest BCUT2D eigenvalue weighted by molar-refractivity contribution is 0.0963. The lowest BCUT2D eigenvalue weighted by Crippen LogP contribution is -2.31. The van der Waals surface area contributed by atoms with Crippen LogP contribution in [0, 0.1) is 0 Å². The van der Waals surface area contributed by atoms with Gasteiger partial charge in [0.15, 0.2) is 0 Å². The third kappa shape index (κ3) is 3.73. The molecule has 0 saturated heterocycles. The molecule has 26 heavy (non-hydrogen) atoms. The first-order chi connectivity index (χ1) is 12.4. The highest BCUT2D eigenvalue weighted by molar-refractivity contribution is 7.89. The number of hydrogen-bond acceptors (Lipinski definition) is 4. The average molecular weight is 374 g/mol. The van der Waals surface area contributed by atoms with E-state index < -0.39 is 10.0 Å². The molecule has 1 aliphatic carbocycles. The molecule has 0 aromatic heterocycles. The van der Waals surface area contributed by atoms with Crippen molar-refractivity contribution < 1.29 is 17.9 Å². The van der Waals surface area contributed by atoms with Crippen molar-refractivity contribution in [3.05, 3.63) is 59.2 Å². The van der Waals surface area contributed by atoms with E-state index in [1.807, 2.05) is 18.2 Å². The SMILES string of the molecule is CNC(=O)c1ccc(S(=O)(=O)NC2CCCc3cc(OC)ccc32)cc1. The molecule has 0 radical (unpaired) electrons. The molecular weight excluding hydrogens is 352 g/mol. The Hall–Kier alpha value is -2.38. The van der Waals surface area contributed by atoms with Crippen molar-refractivity contribution in [3.8, 4) is 5.75 Å². The highest BCUT2D eigenvalue weighted by Gasteiger charge is 2.26. The maximum Gasteiger partial charge on any atom is 0.251 e. The molecule has 0 saturated carbocycles. The predicted octanol–water partition coefficient (Wildman–Crippen LogP) is 2.41. The van der Waals surface area contributed by atoms with Crippen LogP contribution in [0.5, 0.6) is 5.75 Å². The number of aryl methyl sites for hydroxylation is 1. The van der Waals surface area contributed by atoms with Crippen LogP contribution in [0.1, 0.15) is 40.4 Å². The van der Waals surface area contributed by atoms with Gasteiger partial charge in [-0.1, -0.05) is 6.07 Å². The summed E-state index contributed by atoms with van der Waals surface area (Å²) < 4.78 is 33.5. The Labute approximate surface area is 153 Å². The Kier molecular flexibility index (Phi) is 5.29. The van der Waals surface area contributed by atoms with Gasteiger partial charge in [0.1, 0.15) is 5.75 Å². The second-order valence-electron chi connectivity index (χ2n) is 6.23. The Morgan fingerprint density at radius 1 is 1.15 bits per heavy atom. The predicted molar refractivity (Wildman–Crippen MR) is 98.8 cm³/mol. The Balaban J connectivity index is 1.83. The zero-order chi connectivity index (χ0) is 18.7. The van der Waals surface area contributed by atoms with E-state index in [9.17, 15) is 13.2 Å². The fraction of sp³-hybridized carbons (Fsp3) is 0.316. The van der Waals surface area contributed by atoms with Gasteiger partial charge in [-0.2, -0.15) is 0 Å². The molecule has 1 unspecified atom stereocenters. The fourth-order valence-electron chi connectivity index (χ4n) is 3.23. The number of carbonyl (C=O) groups is 1. The largest absolute Gasteiger partial charge is 0.497 e. The topological polar surface area (TPSA) is 84.5 Å². The van der Waals surface area contributed by atoms with Crippen LogP contribution in [-0.4, -0.2) is 28.5 Å². The molecule has 2 aromatic rings. The fourth-order valence-corrected chi connectivity index (χ4v) is 4.48. The summed E-state index contributed by atoms with van der Waals surface area (Å²) in [6, 6.07) is 11.4. The maximum atomic E-state index is 12.7. The van der Waals surface area contributed by atoms with Crippen LogP contribution in [0.25, 0.3) is 0 Å². The summed E-state index contributed by atoms with van der Waals surface area (Å²) >= 11 is 0. The first-order valence-electron chi connectivity index (χ1n) is 8.46. The van der Waals surface area contributed by atoms with E-state index in [-0.39, 0.29) is 16.8 Å². The van der Waals surface area contributed by atoms with Gasteiger partial charge in [0.05, 0.1) is 12.0 Å². The molecule has 2 N–H and O–H groups in total. The zero-order valence-electron chi connectivity index (χ0n) is 14.8. The van der Waals surface area contributed by atoms with Gasteiger partial charge in [0.25, 0.3) is 5.91 Å². The van der Waals surface area contributed by atoms with Crippen LogP contribution in [0.15, 0.2) is 47.4 Å². The summed E-state index contributed by atoms with van der Waals surface area (Å²) in [6.07, 6.45) is 2.56. The molecule has 6 nitrogen and oxygen atoms in total. The highest BCUT2D eigenvalue weighted by atomic mass is 32.2. The van der Waals surface area contributed by atoms with Crippen molar-refractivity contribution in [3.63, 3.8) is 0 Å². The van der Waals surface area contributed by atoms with Crippen LogP contribution in [-0.2, 0) is 16.4 Å². The van der Waals surface area contributed by atoms with Crippen LogP contribution < -0.4 is 14.8 Å². The second-order valence-corrected chi connectivity index (χ2v) is 7.95. The third-order valence-corrected chi connectivity index (χ3v) is 6.10. The molecule has 1 aliphatic rings. The first kappa shape index (κ1) is 18.4. The average Bonchev–Trinajstić information content (AvgIpc) is 2.67. The number of carbonyl (C=O) groups excluding carboxylic acids is 1. The molecule has 1 amide bonds. The Morgan fingerprint density at radius 3 is 2.54 bits per heavy atom. The zero-order valence-corrected chi connectivity index (χ0v) is 15.6. The summed E-state index contributed by atoms with van der Waals surface area (Å²) in [7, 11) is -0.530. The molecule has 138 valence electrons. The molecule has 7 heteroatoms. The van der Waals surface area contributed by atoms with E-state index >= 15 is 0 Å². The normalized spacial score (nSPS) is 16.6. The van der Waals surface area contributed by atoms with Crippen molar-refractivity contribution in [2.75, 3.05) is 14.2 Å². The first-order valence-corrected chi connectivity index (χ1v) is 9.94. The summed E-state index contributed by atoms with van der Waals surface area (Å²) in [5.41, 5.74) is 2.52. The van der Waals surface area contributed by atoms with Crippen molar-refractivity contribution in [2.24, 2.45) is 0 Å². The smallest absolute Gasteiger partial charge is 0.251 e. The number of fused-ring (bicyclic) bond motifs is 1. The molecular formula is C19H22N2O4S. The number of sulfonamides is 1. The van der Waals surface area contributed by atoms with Crippen LogP contribution in [0.3, 0.4) is 0 Å². The minimum absolute atomic E-state index is 0.144. The van der Waals surface area contributed by atoms with Crippen LogP contribution >= 0.6 is 0 Å². The van der Waals surface area contributed by atoms with Gasteiger partial charge in [0, 0.05) is 18.7 Å². The van der Waals surface area contributed by atoms with Gasteiger partial charge in [-0.25, -0.2) is 13.1 Å². The van der Waals surface area contributed by atoms with E-state index in [0.29, 0.717) is 5.56 Å². The highest BCUT2D eigenvalue weighted by Crippen LogP contribution is 2.33. The van der Waals surface area contributed by atoms with E-state index in [1.54, 1.807) is 7.11 Å². The number of hydrogen-bond donors (Lipinski definition) is 2. The van der Waals surface area contributed by atoms with Crippen LogP contribution in [0.4, 0.5) is 0 Å². The van der Waals surface area contributed by atoms with Crippen LogP contribution in [0.2, 0.25) is 0 Å². The van der Waals surface area contributed by atoms with E-state index in [4.69, 9.17) is 4.74 Å². The minimum atomic E-state index is -3.68. The molecule has 0 fully saturated rings. The van der Waals surface area contributed by atoms with Crippen molar-refractivity contribution in [1.29, 1.82) is 0 Å². The lowest BCUT2D eigenvalue weighted by atomic mass is 9.88. The molecule has 0 bridgehead atoms. The molecule has 1 atom stereocenters. The van der Waals surface area contributed by atoms with Gasteiger partial charge in [-0.05, 0) is 66.8 Å². The molecule has 0 aliphatic heterocycles. The number of nitrogens with one attached hydrogen (secondary N) is 2. The van der Waals surface area contributed by atoms with Crippen molar-refractivity contribution in [2.45, 2.75) is 30.2 Å². The number of rotatable bonds is 5. The molecule has 0 spiro atoms. The number of benzene rings is 2. The summed E-state index contributed by atoms with van der Waals surface area (Å²) in [5, 5.41) is 2.51. The third-order valence-electron chi connectivity index (χ3n) is 4.62. The Morgan fingerprint density at radius 2 is 1.88 bits per heavy atom. The van der Waals surface area contributed by atoms with Crippen molar-refractivity contribution >= 4 is 15.9 Å². The van der Waals surface area contributed by atoms with Crippen molar-refractivity contribution in [1.82, 2.24) is 10.0 Å². The van der Waals surface area contributed by atoms with Gasteiger partial charge < -0.3 is 10.1 Å². The van der Waals surface area contributed by atoms with E-state index in [1.165, 1.54) is 31.3 Å². The number of amides is 1. The standard InChI is InChI=1S/C19H22N2O4S/c1-20-19(22)13-6-9-16(10-7-13)26(23,24)21-18-5-3-4-14-12-15(25-2)8-11-17(14)18/h6-12,18,21H,3-5H2,1-2H3,(H,20,22). The monoisotopic (exact) mass is 374 g/mol.